The Kier molecular flexibility index (Phi) is 3.61. The number of anilines is 1. The second-order valence-electron chi connectivity index (χ2n) is 8.58. The Labute approximate surface area is 191 Å². The molecule has 3 aromatic rings. The summed E-state index contributed by atoms with van der Waals surface area (Å²) in [5.41, 5.74) is 1.89. The Bertz CT molecular complexity index is 1410. The van der Waals surface area contributed by atoms with Gasteiger partial charge in [0, 0.05) is 56.2 Å². The first-order valence-corrected chi connectivity index (χ1v) is 10.9. The summed E-state index contributed by atoms with van der Waals surface area (Å²) in [5, 5.41) is 4.34. The van der Waals surface area contributed by atoms with E-state index in [9.17, 15) is 4.79 Å². The number of nitrogens with zero attached hydrogens (tertiary/aromatic N) is 5. The Hall–Kier alpha value is -3.23. The Balaban J connectivity index is 1.18. The normalized spacial score (nSPS) is 23.9. The Morgan fingerprint density at radius 3 is 2.62 bits per heavy atom. The number of piperidine rings is 1. The summed E-state index contributed by atoms with van der Waals surface area (Å²) in [5.74, 6) is 2.42. The van der Waals surface area contributed by atoms with Crippen LogP contribution in [0.15, 0.2) is 23.0 Å². The molecular weight excluding hydrogens is 410 g/mol. The van der Waals surface area contributed by atoms with Crippen LogP contribution < -0.4 is 24.8 Å². The van der Waals surface area contributed by atoms with E-state index < -0.39 is 13.1 Å². The molecule has 1 aliphatic carbocycles. The molecule has 0 spiro atoms. The zero-order valence-electron chi connectivity index (χ0n) is 22.0. The van der Waals surface area contributed by atoms with Gasteiger partial charge in [-0.25, -0.2) is 13.9 Å². The van der Waals surface area contributed by atoms with Crippen molar-refractivity contribution < 1.29 is 19.7 Å². The molecule has 168 valence electrons. The summed E-state index contributed by atoms with van der Waals surface area (Å²) in [6, 6.07) is 4.74. The number of fused-ring (bicyclic) bond motifs is 2. The number of aromatic nitrogens is 4. The van der Waals surface area contributed by atoms with Gasteiger partial charge in [0.1, 0.15) is 30.8 Å². The third-order valence-corrected chi connectivity index (χ3v) is 6.36. The van der Waals surface area contributed by atoms with Gasteiger partial charge < -0.3 is 19.1 Å². The highest BCUT2D eigenvalue weighted by Crippen LogP contribution is 2.43. The van der Waals surface area contributed by atoms with Crippen molar-refractivity contribution in [1.29, 1.82) is 0 Å². The summed E-state index contributed by atoms with van der Waals surface area (Å²) >= 11 is 0. The highest BCUT2D eigenvalue weighted by molar-refractivity contribution is 5.55. The molecule has 6 rings (SSSR count). The molecule has 1 saturated carbocycles. The topological polar surface area (TPSA) is 83.1 Å². The molecule has 32 heavy (non-hydrogen) atoms. The predicted octanol–water partition coefficient (Wildman–Crippen LogP) is 2.43. The van der Waals surface area contributed by atoms with Gasteiger partial charge in [-0.2, -0.15) is 4.98 Å². The van der Waals surface area contributed by atoms with Gasteiger partial charge in [-0.1, -0.05) is 0 Å². The lowest BCUT2D eigenvalue weighted by atomic mass is 10.1. The monoisotopic (exact) mass is 441 g/mol. The smallest absolute Gasteiger partial charge is 0.351 e. The molecule has 0 amide bonds. The SMILES string of the molecule is [2H]C1([2H])Oc2ccc(OC3CCN(c4nc5nn(C)c(=O)n5c(C5CC5)c4C)CC3)cc2OC1([2H])[2H]. The summed E-state index contributed by atoms with van der Waals surface area (Å²) in [6.07, 6.45) is 3.57. The molecule has 0 unspecified atom stereocenters. The van der Waals surface area contributed by atoms with E-state index in [2.05, 4.69) is 10.00 Å². The van der Waals surface area contributed by atoms with Crippen molar-refractivity contribution in [1.82, 2.24) is 19.2 Å². The van der Waals surface area contributed by atoms with Crippen LogP contribution in [0.4, 0.5) is 5.82 Å². The molecule has 2 aromatic heterocycles. The molecule has 3 aliphatic rings. The quantitative estimate of drug-likeness (QED) is 0.615. The van der Waals surface area contributed by atoms with E-state index in [4.69, 9.17) is 24.7 Å². The number of rotatable bonds is 4. The van der Waals surface area contributed by atoms with E-state index in [1.54, 1.807) is 17.5 Å². The van der Waals surface area contributed by atoms with Crippen molar-refractivity contribution in [3.8, 4) is 17.2 Å². The van der Waals surface area contributed by atoms with Crippen LogP contribution in [0.25, 0.3) is 5.78 Å². The van der Waals surface area contributed by atoms with Crippen molar-refractivity contribution in [3.05, 3.63) is 39.9 Å². The van der Waals surface area contributed by atoms with Crippen molar-refractivity contribution in [2.24, 2.45) is 7.05 Å². The second kappa shape index (κ2) is 7.43. The van der Waals surface area contributed by atoms with Crippen LogP contribution in [-0.2, 0) is 7.05 Å². The average Bonchev–Trinajstić information content (AvgIpc) is 3.61. The highest BCUT2D eigenvalue weighted by atomic mass is 16.6. The fraction of sp³-hybridized carbons (Fsp3) is 0.522. The van der Waals surface area contributed by atoms with Gasteiger partial charge in [0.05, 0.1) is 5.48 Å². The maximum atomic E-state index is 12.6. The van der Waals surface area contributed by atoms with Gasteiger partial charge in [-0.05, 0) is 31.9 Å². The molecule has 1 saturated heterocycles. The number of hydrogen-bond donors (Lipinski definition) is 0. The van der Waals surface area contributed by atoms with Crippen LogP contribution in [-0.4, -0.2) is 51.5 Å². The molecular formula is C23H27N5O4. The van der Waals surface area contributed by atoms with Crippen LogP contribution in [0.2, 0.25) is 0 Å². The Morgan fingerprint density at radius 2 is 1.88 bits per heavy atom. The molecule has 0 N–H and O–H groups in total. The van der Waals surface area contributed by atoms with Gasteiger partial charge in [0.15, 0.2) is 11.5 Å². The lowest BCUT2D eigenvalue weighted by molar-refractivity contribution is 0.159. The third-order valence-electron chi connectivity index (χ3n) is 6.36. The number of benzene rings is 1. The first kappa shape index (κ1) is 15.6. The van der Waals surface area contributed by atoms with E-state index in [0.717, 1.165) is 55.8 Å². The van der Waals surface area contributed by atoms with Gasteiger partial charge in [0.25, 0.3) is 5.78 Å². The Morgan fingerprint density at radius 1 is 1.12 bits per heavy atom. The second-order valence-corrected chi connectivity index (χ2v) is 8.58. The zero-order chi connectivity index (χ0) is 25.4. The third kappa shape index (κ3) is 3.27. The molecule has 9 nitrogen and oxygen atoms in total. The predicted molar refractivity (Wildman–Crippen MR) is 118 cm³/mol. The van der Waals surface area contributed by atoms with Crippen LogP contribution >= 0.6 is 0 Å². The van der Waals surface area contributed by atoms with E-state index in [0.29, 0.717) is 17.4 Å². The van der Waals surface area contributed by atoms with Crippen LogP contribution in [0.3, 0.4) is 0 Å². The van der Waals surface area contributed by atoms with Crippen LogP contribution in [0, 0.1) is 6.92 Å². The lowest BCUT2D eigenvalue weighted by Crippen LogP contribution is -2.39. The molecule has 1 aromatic carbocycles. The highest BCUT2D eigenvalue weighted by Gasteiger charge is 2.33. The van der Waals surface area contributed by atoms with Crippen LogP contribution in [0.1, 0.15) is 48.3 Å². The maximum Gasteiger partial charge on any atom is 0.351 e. The van der Waals surface area contributed by atoms with Crippen molar-refractivity contribution in [2.75, 3.05) is 31.1 Å². The van der Waals surface area contributed by atoms with Gasteiger partial charge in [-0.3, -0.25) is 0 Å². The number of ether oxygens (including phenoxy) is 3. The molecule has 2 aliphatic heterocycles. The fourth-order valence-electron chi connectivity index (χ4n) is 4.60. The van der Waals surface area contributed by atoms with Gasteiger partial charge >= 0.3 is 5.69 Å². The molecule has 0 atom stereocenters. The first-order valence-electron chi connectivity index (χ1n) is 12.9. The van der Waals surface area contributed by atoms with E-state index in [-0.39, 0.29) is 23.3 Å². The van der Waals surface area contributed by atoms with E-state index in [1.807, 2.05) is 6.92 Å². The fourth-order valence-corrected chi connectivity index (χ4v) is 4.60. The largest absolute Gasteiger partial charge is 0.490 e. The summed E-state index contributed by atoms with van der Waals surface area (Å²) in [7, 11) is 1.65. The van der Waals surface area contributed by atoms with Crippen LogP contribution in [0.5, 0.6) is 17.2 Å². The molecule has 0 bridgehead atoms. The number of hydrogen-bond acceptors (Lipinski definition) is 7. The minimum absolute atomic E-state index is 0.0589. The van der Waals surface area contributed by atoms with Crippen molar-refractivity contribution in [2.45, 2.75) is 44.6 Å². The maximum absolute atomic E-state index is 12.6. The van der Waals surface area contributed by atoms with Gasteiger partial charge in [-0.15, -0.1) is 5.10 Å². The molecule has 0 radical (unpaired) electrons. The lowest BCUT2D eigenvalue weighted by Gasteiger charge is -2.34. The van der Waals surface area contributed by atoms with Crippen molar-refractivity contribution in [3.63, 3.8) is 0 Å². The average molecular weight is 442 g/mol. The summed E-state index contributed by atoms with van der Waals surface area (Å²) in [6.45, 7) is -1.72. The number of aryl methyl sites for hydroxylation is 1. The minimum Gasteiger partial charge on any atom is -0.490 e. The van der Waals surface area contributed by atoms with E-state index in [1.165, 1.54) is 16.8 Å². The summed E-state index contributed by atoms with van der Waals surface area (Å²) < 4.78 is 50.5. The minimum atomic E-state index is -2.62. The van der Waals surface area contributed by atoms with Gasteiger partial charge in [0.2, 0.25) is 0 Å². The molecule has 4 heterocycles. The summed E-state index contributed by atoms with van der Waals surface area (Å²) in [4.78, 5) is 19.6. The van der Waals surface area contributed by atoms with Crippen molar-refractivity contribution >= 4 is 11.6 Å². The van der Waals surface area contributed by atoms with E-state index >= 15 is 0 Å². The molecule has 2 fully saturated rings. The standard InChI is InChI=1S/C23H27N5O4/c1-14-20(15-3-4-15)28-22(25-26(2)23(28)29)24-21(14)27-9-7-16(8-10-27)32-17-5-6-18-19(13-17)31-12-11-30-18/h5-6,13,15-16H,3-4,7-12H2,1-2H3/i11D2,12D2. The first-order chi connectivity index (χ1) is 17.0. The molecule has 9 heteroatoms. The zero-order valence-corrected chi connectivity index (χ0v) is 18.0.